The van der Waals surface area contributed by atoms with Crippen LogP contribution in [0, 0.1) is 11.8 Å². The maximum atomic E-state index is 5.36. The van der Waals surface area contributed by atoms with Gasteiger partial charge in [0.05, 0.1) is 11.6 Å². The lowest BCUT2D eigenvalue weighted by Gasteiger charge is -1.91. The number of unbranched alkanes of at least 4 members (excludes halogenated alkanes) is 1. The van der Waals surface area contributed by atoms with Gasteiger partial charge >= 0.3 is 0 Å². The molecule has 58 valence electrons. The summed E-state index contributed by atoms with van der Waals surface area (Å²) < 4.78 is 0. The molecule has 0 heterocycles. The second-order valence-electron chi connectivity index (χ2n) is 1.89. The van der Waals surface area contributed by atoms with Crippen molar-refractivity contribution >= 4 is 23.4 Å². The number of halogens is 1. The van der Waals surface area contributed by atoms with E-state index in [9.17, 15) is 0 Å². The molecule has 0 aliphatic rings. The first kappa shape index (κ1) is 10.2. The quantitative estimate of drug-likeness (QED) is 0.361. The molecule has 0 aromatic carbocycles. The van der Waals surface area contributed by atoms with Crippen LogP contribution in [0.2, 0.25) is 0 Å². The van der Waals surface area contributed by atoms with Gasteiger partial charge in [-0.2, -0.15) is 0 Å². The maximum Gasteiger partial charge on any atom is 0.0835 e. The Morgan fingerprint density at radius 3 is 2.80 bits per heavy atom. The van der Waals surface area contributed by atoms with Gasteiger partial charge in [-0.25, -0.2) is 0 Å². The van der Waals surface area contributed by atoms with Crippen LogP contribution in [0.5, 0.6) is 0 Å². The molecule has 0 aliphatic carbocycles. The molecule has 0 aliphatic heterocycles. The van der Waals surface area contributed by atoms with Gasteiger partial charge in [-0.3, -0.25) is 0 Å². The van der Waals surface area contributed by atoms with E-state index in [0.29, 0.717) is 5.88 Å². The van der Waals surface area contributed by atoms with Crippen LogP contribution in [0.25, 0.3) is 0 Å². The van der Waals surface area contributed by atoms with Crippen LogP contribution >= 0.6 is 23.4 Å². The first-order chi connectivity index (χ1) is 4.91. The van der Waals surface area contributed by atoms with Gasteiger partial charge in [0.25, 0.3) is 0 Å². The standard InChI is InChI=1S/C8H13ClS/c1-2-3-7-10-8-5-4-6-9/h2-3,6-8H2,1H3. The van der Waals surface area contributed by atoms with Crippen LogP contribution in [0.1, 0.15) is 19.8 Å². The minimum atomic E-state index is 0.467. The number of alkyl halides is 1. The fourth-order valence-electron chi connectivity index (χ4n) is 0.468. The minimum absolute atomic E-state index is 0.467. The van der Waals surface area contributed by atoms with Crippen LogP contribution in [0.15, 0.2) is 0 Å². The molecular formula is C8H13ClS. The van der Waals surface area contributed by atoms with Crippen molar-refractivity contribution in [2.45, 2.75) is 19.8 Å². The van der Waals surface area contributed by atoms with E-state index in [1.54, 1.807) is 0 Å². The molecule has 0 saturated carbocycles. The van der Waals surface area contributed by atoms with Crippen molar-refractivity contribution in [1.82, 2.24) is 0 Å². The molecule has 0 nitrogen and oxygen atoms in total. The molecule has 0 amide bonds. The first-order valence-electron chi connectivity index (χ1n) is 3.51. The van der Waals surface area contributed by atoms with Crippen molar-refractivity contribution in [2.24, 2.45) is 0 Å². The van der Waals surface area contributed by atoms with Gasteiger partial charge in [-0.15, -0.1) is 23.4 Å². The Morgan fingerprint density at radius 2 is 2.20 bits per heavy atom. The topological polar surface area (TPSA) is 0 Å². The molecule has 0 bridgehead atoms. The number of hydrogen-bond acceptors (Lipinski definition) is 1. The molecule has 0 rings (SSSR count). The van der Waals surface area contributed by atoms with Crippen molar-refractivity contribution in [2.75, 3.05) is 17.4 Å². The average molecular weight is 177 g/mol. The lowest BCUT2D eigenvalue weighted by atomic mass is 10.4. The second kappa shape index (κ2) is 9.20. The highest BCUT2D eigenvalue weighted by molar-refractivity contribution is 7.99. The lowest BCUT2D eigenvalue weighted by molar-refractivity contribution is 0.897. The molecule has 0 spiro atoms. The summed E-state index contributed by atoms with van der Waals surface area (Å²) in [6, 6.07) is 0. The predicted molar refractivity (Wildman–Crippen MR) is 50.7 cm³/mol. The zero-order valence-electron chi connectivity index (χ0n) is 6.32. The third-order valence-electron chi connectivity index (χ3n) is 1.01. The lowest BCUT2D eigenvalue weighted by Crippen LogP contribution is -1.79. The highest BCUT2D eigenvalue weighted by Crippen LogP contribution is 2.02. The van der Waals surface area contributed by atoms with Crippen LogP contribution in [-0.4, -0.2) is 17.4 Å². The maximum absolute atomic E-state index is 5.36. The number of thioether (sulfide) groups is 1. The molecule has 0 radical (unpaired) electrons. The van der Waals surface area contributed by atoms with E-state index in [0.717, 1.165) is 5.75 Å². The predicted octanol–water partition coefficient (Wildman–Crippen LogP) is 2.76. The normalized spacial score (nSPS) is 8.60. The molecule has 0 saturated heterocycles. The smallest absolute Gasteiger partial charge is 0.0835 e. The number of hydrogen-bond donors (Lipinski definition) is 0. The second-order valence-corrected chi connectivity index (χ2v) is 3.27. The van der Waals surface area contributed by atoms with Gasteiger partial charge in [-0.1, -0.05) is 25.2 Å². The Labute approximate surface area is 72.7 Å². The van der Waals surface area contributed by atoms with Crippen molar-refractivity contribution in [3.8, 4) is 11.8 Å². The van der Waals surface area contributed by atoms with Crippen LogP contribution < -0.4 is 0 Å². The third kappa shape index (κ3) is 8.20. The molecule has 0 atom stereocenters. The van der Waals surface area contributed by atoms with Crippen molar-refractivity contribution in [1.29, 1.82) is 0 Å². The largest absolute Gasteiger partial charge is 0.149 e. The summed E-state index contributed by atoms with van der Waals surface area (Å²) in [4.78, 5) is 0. The fraction of sp³-hybridized carbons (Fsp3) is 0.750. The van der Waals surface area contributed by atoms with E-state index in [2.05, 4.69) is 18.8 Å². The first-order valence-corrected chi connectivity index (χ1v) is 5.20. The van der Waals surface area contributed by atoms with E-state index < -0.39 is 0 Å². The van der Waals surface area contributed by atoms with E-state index in [1.807, 2.05) is 11.8 Å². The summed E-state index contributed by atoms with van der Waals surface area (Å²) in [6.45, 7) is 2.20. The molecule has 0 unspecified atom stereocenters. The summed E-state index contributed by atoms with van der Waals surface area (Å²) in [7, 11) is 0. The van der Waals surface area contributed by atoms with Crippen LogP contribution in [0.3, 0.4) is 0 Å². The Morgan fingerprint density at radius 1 is 1.40 bits per heavy atom. The molecule has 0 N–H and O–H groups in total. The average Bonchev–Trinajstić information content (AvgIpc) is 1.97. The summed E-state index contributed by atoms with van der Waals surface area (Å²) in [5.74, 6) is 8.43. The monoisotopic (exact) mass is 176 g/mol. The van der Waals surface area contributed by atoms with Gasteiger partial charge < -0.3 is 0 Å². The van der Waals surface area contributed by atoms with E-state index in [4.69, 9.17) is 11.6 Å². The Balaban J connectivity index is 2.90. The van der Waals surface area contributed by atoms with Crippen molar-refractivity contribution < 1.29 is 0 Å². The highest BCUT2D eigenvalue weighted by Gasteiger charge is 1.82. The zero-order chi connectivity index (χ0) is 7.66. The summed E-state index contributed by atoms with van der Waals surface area (Å²) in [6.07, 6.45) is 2.57. The third-order valence-corrected chi connectivity index (χ3v) is 2.07. The minimum Gasteiger partial charge on any atom is -0.149 e. The SMILES string of the molecule is CCCCSCC#CCCl. The molecular weight excluding hydrogens is 164 g/mol. The molecule has 0 fully saturated rings. The Kier molecular flexibility index (Phi) is 9.38. The zero-order valence-corrected chi connectivity index (χ0v) is 7.89. The van der Waals surface area contributed by atoms with Gasteiger partial charge in [0.2, 0.25) is 0 Å². The van der Waals surface area contributed by atoms with Crippen molar-refractivity contribution in [3.63, 3.8) is 0 Å². The van der Waals surface area contributed by atoms with E-state index >= 15 is 0 Å². The van der Waals surface area contributed by atoms with Gasteiger partial charge in [0.15, 0.2) is 0 Å². The summed E-state index contributed by atoms with van der Waals surface area (Å²) in [5, 5.41) is 0. The van der Waals surface area contributed by atoms with Crippen molar-refractivity contribution in [3.05, 3.63) is 0 Å². The summed E-state index contributed by atoms with van der Waals surface area (Å²) >= 11 is 7.24. The molecule has 0 aromatic rings. The molecule has 10 heavy (non-hydrogen) atoms. The Hall–Kier alpha value is 0.200. The number of rotatable bonds is 4. The highest BCUT2D eigenvalue weighted by atomic mass is 35.5. The fourth-order valence-corrected chi connectivity index (χ4v) is 1.40. The van der Waals surface area contributed by atoms with Gasteiger partial charge in [0, 0.05) is 0 Å². The van der Waals surface area contributed by atoms with Crippen LogP contribution in [0.4, 0.5) is 0 Å². The van der Waals surface area contributed by atoms with Gasteiger partial charge in [0.1, 0.15) is 0 Å². The summed E-state index contributed by atoms with van der Waals surface area (Å²) in [5.41, 5.74) is 0. The van der Waals surface area contributed by atoms with Crippen LogP contribution in [-0.2, 0) is 0 Å². The van der Waals surface area contributed by atoms with Gasteiger partial charge in [-0.05, 0) is 12.2 Å². The Bertz CT molecular complexity index is 112. The van der Waals surface area contributed by atoms with E-state index in [1.165, 1.54) is 18.6 Å². The van der Waals surface area contributed by atoms with E-state index in [-0.39, 0.29) is 0 Å². The molecule has 2 heteroatoms. The molecule has 0 aromatic heterocycles.